The Labute approximate surface area is 114 Å². The molecule has 0 aromatic carbocycles. The molecule has 0 spiro atoms. The third-order valence-corrected chi connectivity index (χ3v) is 3.89. The van der Waals surface area contributed by atoms with Crippen LogP contribution in [-0.4, -0.2) is 23.6 Å². The summed E-state index contributed by atoms with van der Waals surface area (Å²) in [6, 6.07) is 3.83. The lowest BCUT2D eigenvalue weighted by Gasteiger charge is -2.28. The van der Waals surface area contributed by atoms with E-state index >= 15 is 0 Å². The molecule has 0 saturated heterocycles. The van der Waals surface area contributed by atoms with E-state index in [2.05, 4.69) is 16.9 Å². The van der Waals surface area contributed by atoms with Gasteiger partial charge in [-0.1, -0.05) is 31.5 Å². The topological polar surface area (TPSA) is 42.2 Å². The number of nitrogens with two attached hydrogens (primary N) is 1. The number of hydrogen-bond donors (Lipinski definition) is 1. The first-order valence-corrected chi connectivity index (χ1v) is 7.05. The molecule has 2 N–H and O–H groups in total. The number of anilines is 1. The van der Waals surface area contributed by atoms with Crippen molar-refractivity contribution in [3.8, 4) is 0 Å². The van der Waals surface area contributed by atoms with Crippen molar-refractivity contribution in [2.45, 2.75) is 32.1 Å². The number of nitrogens with zero attached hydrogens (tertiary/aromatic N) is 2. The molecule has 0 radical (unpaired) electrons. The van der Waals surface area contributed by atoms with Crippen molar-refractivity contribution in [2.24, 2.45) is 11.7 Å². The van der Waals surface area contributed by atoms with Gasteiger partial charge in [0.25, 0.3) is 0 Å². The lowest BCUT2D eigenvalue weighted by Crippen LogP contribution is -2.29. The number of rotatable bonds is 4. The van der Waals surface area contributed by atoms with E-state index in [-0.39, 0.29) is 0 Å². The van der Waals surface area contributed by atoms with Crippen LogP contribution in [0.2, 0.25) is 0 Å². The fraction of sp³-hybridized carbons (Fsp3) is 0.571. The molecule has 0 unspecified atom stereocenters. The Bertz CT molecular complexity index is 413. The molecule has 1 fully saturated rings. The highest BCUT2D eigenvalue weighted by molar-refractivity contribution is 7.80. The molecule has 3 nitrogen and oxygen atoms in total. The maximum atomic E-state index is 5.75. The average molecular weight is 263 g/mol. The fourth-order valence-electron chi connectivity index (χ4n) is 2.74. The minimum atomic E-state index is 0.425. The van der Waals surface area contributed by atoms with E-state index in [4.69, 9.17) is 18.0 Å². The Balaban J connectivity index is 2.08. The summed E-state index contributed by atoms with van der Waals surface area (Å²) in [7, 11) is 2.08. The van der Waals surface area contributed by atoms with Crippen molar-refractivity contribution in [2.75, 3.05) is 18.5 Å². The van der Waals surface area contributed by atoms with E-state index in [1.54, 1.807) is 6.20 Å². The van der Waals surface area contributed by atoms with Gasteiger partial charge >= 0.3 is 0 Å². The van der Waals surface area contributed by atoms with Crippen LogP contribution in [0.5, 0.6) is 0 Å². The Kier molecular flexibility index (Phi) is 4.53. The molecule has 1 aromatic rings. The van der Waals surface area contributed by atoms with Crippen LogP contribution in [0.3, 0.4) is 0 Å². The Morgan fingerprint density at radius 2 is 2.17 bits per heavy atom. The van der Waals surface area contributed by atoms with Gasteiger partial charge in [0.1, 0.15) is 10.8 Å². The zero-order valence-corrected chi connectivity index (χ0v) is 11.7. The highest BCUT2D eigenvalue weighted by atomic mass is 32.1. The van der Waals surface area contributed by atoms with Gasteiger partial charge in [-0.2, -0.15) is 0 Å². The first-order chi connectivity index (χ1) is 8.68. The van der Waals surface area contributed by atoms with Gasteiger partial charge < -0.3 is 10.6 Å². The van der Waals surface area contributed by atoms with Crippen LogP contribution < -0.4 is 10.6 Å². The second-order valence-corrected chi connectivity index (χ2v) is 5.56. The van der Waals surface area contributed by atoms with Crippen LogP contribution in [0.4, 0.5) is 5.82 Å². The lowest BCUT2D eigenvalue weighted by molar-refractivity contribution is 0.361. The van der Waals surface area contributed by atoms with Crippen LogP contribution in [-0.2, 0) is 0 Å². The standard InChI is InChI=1S/C14H21N3S/c1-17(10-11-6-3-2-4-7-11)14-12(13(15)18)8-5-9-16-14/h5,8-9,11H,2-4,6-7,10H2,1H3,(H2,15,18). The van der Waals surface area contributed by atoms with Crippen molar-refractivity contribution in [3.63, 3.8) is 0 Å². The van der Waals surface area contributed by atoms with Gasteiger partial charge in [0.2, 0.25) is 0 Å². The van der Waals surface area contributed by atoms with Crippen LogP contribution in [0.25, 0.3) is 0 Å². The number of aromatic nitrogens is 1. The maximum absolute atomic E-state index is 5.75. The first kappa shape index (κ1) is 13.3. The SMILES string of the molecule is CN(CC1CCCCC1)c1ncccc1C(N)=S. The van der Waals surface area contributed by atoms with Gasteiger partial charge in [0, 0.05) is 19.8 Å². The van der Waals surface area contributed by atoms with E-state index in [0.29, 0.717) is 4.99 Å². The molecule has 1 heterocycles. The largest absolute Gasteiger partial charge is 0.389 e. The fourth-order valence-corrected chi connectivity index (χ4v) is 2.90. The van der Waals surface area contributed by atoms with Crippen LogP contribution in [0, 0.1) is 5.92 Å². The summed E-state index contributed by atoms with van der Waals surface area (Å²) in [4.78, 5) is 7.05. The quantitative estimate of drug-likeness (QED) is 0.848. The monoisotopic (exact) mass is 263 g/mol. The molecule has 1 aliphatic rings. The van der Waals surface area contributed by atoms with Crippen molar-refractivity contribution in [1.29, 1.82) is 0 Å². The predicted molar refractivity (Wildman–Crippen MR) is 80.0 cm³/mol. The number of hydrogen-bond acceptors (Lipinski definition) is 3. The van der Waals surface area contributed by atoms with Crippen LogP contribution in [0.1, 0.15) is 37.7 Å². The summed E-state index contributed by atoms with van der Waals surface area (Å²) in [6.07, 6.45) is 8.58. The minimum absolute atomic E-state index is 0.425. The Morgan fingerprint density at radius 3 is 2.83 bits per heavy atom. The average Bonchev–Trinajstić information content (AvgIpc) is 2.40. The van der Waals surface area contributed by atoms with E-state index < -0.39 is 0 Å². The molecule has 1 saturated carbocycles. The summed E-state index contributed by atoms with van der Waals surface area (Å²) in [6.45, 7) is 1.05. The first-order valence-electron chi connectivity index (χ1n) is 6.64. The van der Waals surface area contributed by atoms with Gasteiger partial charge in [-0.05, 0) is 30.9 Å². The molecular formula is C14H21N3S. The molecule has 4 heteroatoms. The smallest absolute Gasteiger partial charge is 0.138 e. The summed E-state index contributed by atoms with van der Waals surface area (Å²) in [5.74, 6) is 1.69. The van der Waals surface area contributed by atoms with E-state index in [1.807, 2.05) is 12.1 Å². The highest BCUT2D eigenvalue weighted by Crippen LogP contribution is 2.26. The van der Waals surface area contributed by atoms with Gasteiger partial charge in [0.15, 0.2) is 0 Å². The Morgan fingerprint density at radius 1 is 1.44 bits per heavy atom. The van der Waals surface area contributed by atoms with E-state index in [1.165, 1.54) is 32.1 Å². The summed E-state index contributed by atoms with van der Waals surface area (Å²) >= 11 is 5.08. The zero-order valence-electron chi connectivity index (χ0n) is 10.9. The highest BCUT2D eigenvalue weighted by Gasteiger charge is 2.18. The van der Waals surface area contributed by atoms with Crippen LogP contribution >= 0.6 is 12.2 Å². The summed E-state index contributed by atoms with van der Waals surface area (Å²) in [5, 5.41) is 0. The number of thiocarbonyl (C=S) groups is 1. The lowest BCUT2D eigenvalue weighted by atomic mass is 9.89. The molecule has 1 aliphatic carbocycles. The maximum Gasteiger partial charge on any atom is 0.138 e. The van der Waals surface area contributed by atoms with E-state index in [0.717, 1.165) is 23.8 Å². The molecule has 0 amide bonds. The molecule has 1 aromatic heterocycles. The second-order valence-electron chi connectivity index (χ2n) is 5.12. The minimum Gasteiger partial charge on any atom is -0.389 e. The third-order valence-electron chi connectivity index (χ3n) is 3.67. The summed E-state index contributed by atoms with van der Waals surface area (Å²) < 4.78 is 0. The normalized spacial score (nSPS) is 16.5. The second kappa shape index (κ2) is 6.14. The summed E-state index contributed by atoms with van der Waals surface area (Å²) in [5.41, 5.74) is 6.63. The van der Waals surface area contributed by atoms with Gasteiger partial charge in [0.05, 0.1) is 5.56 Å². The zero-order chi connectivity index (χ0) is 13.0. The van der Waals surface area contributed by atoms with Crippen molar-refractivity contribution in [1.82, 2.24) is 4.98 Å². The predicted octanol–water partition coefficient (Wildman–Crippen LogP) is 2.73. The number of pyridine rings is 1. The molecular weight excluding hydrogens is 242 g/mol. The molecule has 2 rings (SSSR count). The van der Waals surface area contributed by atoms with Crippen LogP contribution in [0.15, 0.2) is 18.3 Å². The molecule has 0 bridgehead atoms. The third kappa shape index (κ3) is 3.19. The van der Waals surface area contributed by atoms with Gasteiger partial charge in [-0.3, -0.25) is 0 Å². The molecule has 0 atom stereocenters. The Hall–Kier alpha value is -1.16. The van der Waals surface area contributed by atoms with E-state index in [9.17, 15) is 0 Å². The molecule has 0 aliphatic heterocycles. The van der Waals surface area contributed by atoms with Gasteiger partial charge in [-0.25, -0.2) is 4.98 Å². The molecule has 18 heavy (non-hydrogen) atoms. The van der Waals surface area contributed by atoms with Crippen molar-refractivity contribution >= 4 is 23.0 Å². The van der Waals surface area contributed by atoms with Gasteiger partial charge in [-0.15, -0.1) is 0 Å². The van der Waals surface area contributed by atoms with Crippen molar-refractivity contribution in [3.05, 3.63) is 23.9 Å². The molecule has 98 valence electrons. The van der Waals surface area contributed by atoms with Crippen molar-refractivity contribution < 1.29 is 0 Å².